The van der Waals surface area contributed by atoms with Crippen LogP contribution in [0.3, 0.4) is 0 Å². The molecule has 14 heteroatoms. The van der Waals surface area contributed by atoms with E-state index < -0.39 is 47.9 Å². The Morgan fingerprint density at radius 2 is 1.82 bits per heavy atom. The number of rotatable bonds is 14. The van der Waals surface area contributed by atoms with Crippen molar-refractivity contribution in [3.05, 3.63) is 54.1 Å². The van der Waals surface area contributed by atoms with E-state index in [-0.39, 0.29) is 38.3 Å². The highest BCUT2D eigenvalue weighted by Gasteiger charge is 2.38. The average molecular weight is 556 g/mol. The molecular weight excluding hydrogens is 518 g/mol. The molecule has 3 amide bonds. The summed E-state index contributed by atoms with van der Waals surface area (Å²) < 4.78 is 0. The number of aromatic amines is 1. The van der Waals surface area contributed by atoms with Crippen molar-refractivity contribution in [2.75, 3.05) is 13.1 Å². The van der Waals surface area contributed by atoms with E-state index in [2.05, 4.69) is 25.6 Å². The summed E-state index contributed by atoms with van der Waals surface area (Å²) in [5.74, 6) is -2.89. The number of nitrogens with one attached hydrogen (secondary N) is 3. The smallest absolute Gasteiger partial charge is 0.326 e. The van der Waals surface area contributed by atoms with E-state index in [0.29, 0.717) is 25.0 Å². The Labute approximate surface area is 231 Å². The van der Waals surface area contributed by atoms with Crippen LogP contribution in [0.4, 0.5) is 0 Å². The summed E-state index contributed by atoms with van der Waals surface area (Å²) in [6.45, 7) is 0.478. The zero-order valence-corrected chi connectivity index (χ0v) is 22.2. The molecule has 1 aromatic carbocycles. The lowest BCUT2D eigenvalue weighted by atomic mass is 10.0. The van der Waals surface area contributed by atoms with Crippen LogP contribution in [-0.4, -0.2) is 86.9 Å². The molecule has 4 atom stereocenters. The second kappa shape index (κ2) is 14.6. The largest absolute Gasteiger partial charge is 0.480 e. The molecule has 4 unspecified atom stereocenters. The number of carboxylic acids is 1. The monoisotopic (exact) mass is 555 g/mol. The summed E-state index contributed by atoms with van der Waals surface area (Å²) in [4.78, 5) is 63.7. The summed E-state index contributed by atoms with van der Waals surface area (Å²) in [7, 11) is 0. The van der Waals surface area contributed by atoms with Crippen LogP contribution >= 0.6 is 0 Å². The molecule has 10 N–H and O–H groups in total. The number of guanidine groups is 1. The molecular formula is C26H37N9O5. The van der Waals surface area contributed by atoms with Crippen molar-refractivity contribution in [1.29, 1.82) is 0 Å². The second-order valence-corrected chi connectivity index (χ2v) is 9.68. The first-order valence-corrected chi connectivity index (χ1v) is 13.1. The number of H-pyrrole nitrogens is 1. The van der Waals surface area contributed by atoms with E-state index >= 15 is 0 Å². The molecule has 1 aliphatic heterocycles. The van der Waals surface area contributed by atoms with E-state index in [0.717, 1.165) is 5.56 Å². The fourth-order valence-corrected chi connectivity index (χ4v) is 4.59. The molecule has 1 saturated heterocycles. The zero-order chi connectivity index (χ0) is 29.1. The fraction of sp³-hybridized carbons (Fsp3) is 0.462. The Balaban J connectivity index is 1.76. The number of nitrogens with two attached hydrogens (primary N) is 3. The van der Waals surface area contributed by atoms with Crippen molar-refractivity contribution >= 4 is 29.7 Å². The Hall–Kier alpha value is -4.46. The lowest BCUT2D eigenvalue weighted by Crippen LogP contribution is -2.57. The summed E-state index contributed by atoms with van der Waals surface area (Å²) in [6, 6.07) is 5.21. The zero-order valence-electron chi connectivity index (χ0n) is 22.2. The number of likely N-dealkylation sites (tertiary alicyclic amines) is 1. The molecule has 0 radical (unpaired) electrons. The van der Waals surface area contributed by atoms with Gasteiger partial charge in [0.2, 0.25) is 17.7 Å². The molecule has 2 heterocycles. The number of hydrogen-bond acceptors (Lipinski definition) is 7. The van der Waals surface area contributed by atoms with Gasteiger partial charge in [-0.25, -0.2) is 9.78 Å². The number of aliphatic imine (C=N–C) groups is 1. The van der Waals surface area contributed by atoms with Gasteiger partial charge in [-0.2, -0.15) is 0 Å². The SMILES string of the molecule is NC(N)=NCCCC(NC(=O)C(Cc1cnc[nH]1)NC(=O)C(N)Cc1ccccc1)C(=O)N1CCCC1C(=O)O. The minimum absolute atomic E-state index is 0.0615. The van der Waals surface area contributed by atoms with E-state index in [9.17, 15) is 24.3 Å². The van der Waals surface area contributed by atoms with Crippen LogP contribution in [-0.2, 0) is 32.0 Å². The van der Waals surface area contributed by atoms with Crippen LogP contribution in [0.25, 0.3) is 0 Å². The van der Waals surface area contributed by atoms with Gasteiger partial charge >= 0.3 is 5.97 Å². The minimum Gasteiger partial charge on any atom is -0.480 e. The average Bonchev–Trinajstić information content (AvgIpc) is 3.62. The third-order valence-electron chi connectivity index (χ3n) is 6.63. The Kier molecular flexibility index (Phi) is 11.0. The van der Waals surface area contributed by atoms with Gasteiger partial charge < -0.3 is 42.8 Å². The van der Waals surface area contributed by atoms with Gasteiger partial charge in [-0.15, -0.1) is 0 Å². The molecule has 1 aromatic heterocycles. The summed E-state index contributed by atoms with van der Waals surface area (Å²) >= 11 is 0. The Morgan fingerprint density at radius 1 is 1.10 bits per heavy atom. The maximum Gasteiger partial charge on any atom is 0.326 e. The number of imidazole rings is 1. The van der Waals surface area contributed by atoms with E-state index in [1.807, 2.05) is 30.3 Å². The number of carboxylic acid groups (broad SMARTS) is 1. The Morgan fingerprint density at radius 3 is 2.48 bits per heavy atom. The highest BCUT2D eigenvalue weighted by Crippen LogP contribution is 2.20. The fourth-order valence-electron chi connectivity index (χ4n) is 4.59. The third kappa shape index (κ3) is 8.80. The number of carbonyl (C=O) groups is 4. The molecule has 0 saturated carbocycles. The topological polar surface area (TPSA) is 235 Å². The molecule has 0 spiro atoms. The number of nitrogens with zero attached hydrogens (tertiary/aromatic N) is 3. The molecule has 1 aliphatic rings. The van der Waals surface area contributed by atoms with Crippen molar-refractivity contribution in [1.82, 2.24) is 25.5 Å². The molecule has 0 bridgehead atoms. The van der Waals surface area contributed by atoms with E-state index in [1.165, 1.54) is 17.4 Å². The van der Waals surface area contributed by atoms with Crippen molar-refractivity contribution in [2.45, 2.75) is 62.7 Å². The van der Waals surface area contributed by atoms with Crippen LogP contribution in [0.5, 0.6) is 0 Å². The predicted octanol–water partition coefficient (Wildman–Crippen LogP) is -1.38. The second-order valence-electron chi connectivity index (χ2n) is 9.68. The maximum atomic E-state index is 13.5. The number of aromatic nitrogens is 2. The first-order valence-electron chi connectivity index (χ1n) is 13.1. The molecule has 14 nitrogen and oxygen atoms in total. The van der Waals surface area contributed by atoms with Gasteiger partial charge in [0.25, 0.3) is 0 Å². The first kappa shape index (κ1) is 30.1. The summed E-state index contributed by atoms with van der Waals surface area (Å²) in [6.07, 6.45) is 4.66. The number of carbonyl (C=O) groups excluding carboxylic acids is 3. The van der Waals surface area contributed by atoms with Crippen molar-refractivity contribution in [2.24, 2.45) is 22.2 Å². The molecule has 0 aliphatic carbocycles. The number of benzene rings is 1. The predicted molar refractivity (Wildman–Crippen MR) is 147 cm³/mol. The first-order chi connectivity index (χ1) is 19.2. The van der Waals surface area contributed by atoms with Crippen LogP contribution in [0.1, 0.15) is 36.9 Å². The van der Waals surface area contributed by atoms with Gasteiger partial charge in [-0.05, 0) is 37.7 Å². The molecule has 2 aromatic rings. The summed E-state index contributed by atoms with van der Waals surface area (Å²) in [5, 5.41) is 15.0. The summed E-state index contributed by atoms with van der Waals surface area (Å²) in [5.41, 5.74) is 18.4. The van der Waals surface area contributed by atoms with Gasteiger partial charge in [-0.3, -0.25) is 19.4 Å². The number of hydrogen-bond donors (Lipinski definition) is 7. The van der Waals surface area contributed by atoms with E-state index in [1.54, 1.807) is 0 Å². The van der Waals surface area contributed by atoms with Crippen molar-refractivity contribution in [3.63, 3.8) is 0 Å². The minimum atomic E-state index is -1.10. The van der Waals surface area contributed by atoms with Gasteiger partial charge in [0.05, 0.1) is 12.4 Å². The standard InChI is InChI=1S/C26H37N9O5/c27-18(12-16-6-2-1-3-7-16)22(36)34-20(13-17-14-30-15-32-17)23(37)33-19(8-4-10-31-26(28)29)24(38)35-11-5-9-21(35)25(39)40/h1-3,6-7,14-15,18-21H,4-5,8-13,27H2,(H,30,32)(H,33,37)(H,34,36)(H,39,40)(H4,28,29,31). The van der Waals surface area contributed by atoms with Crippen molar-refractivity contribution in [3.8, 4) is 0 Å². The number of aliphatic carboxylic acids is 1. The highest BCUT2D eigenvalue weighted by molar-refractivity contribution is 5.94. The van der Waals surface area contributed by atoms with Gasteiger partial charge in [-0.1, -0.05) is 30.3 Å². The highest BCUT2D eigenvalue weighted by atomic mass is 16.4. The molecule has 1 fully saturated rings. The van der Waals surface area contributed by atoms with Crippen molar-refractivity contribution < 1.29 is 24.3 Å². The Bertz CT molecular complexity index is 1170. The molecule has 3 rings (SSSR count). The molecule has 40 heavy (non-hydrogen) atoms. The van der Waals surface area contributed by atoms with Crippen LogP contribution in [0.15, 0.2) is 47.8 Å². The third-order valence-corrected chi connectivity index (χ3v) is 6.63. The van der Waals surface area contributed by atoms with Gasteiger partial charge in [0.1, 0.15) is 18.1 Å². The van der Waals surface area contributed by atoms with E-state index in [4.69, 9.17) is 17.2 Å². The quantitative estimate of drug-likeness (QED) is 0.0825. The lowest BCUT2D eigenvalue weighted by molar-refractivity contribution is -0.149. The number of amides is 3. The van der Waals surface area contributed by atoms with Crippen LogP contribution in [0, 0.1) is 0 Å². The lowest BCUT2D eigenvalue weighted by Gasteiger charge is -2.29. The molecule has 216 valence electrons. The van der Waals surface area contributed by atoms with Gasteiger partial charge in [0.15, 0.2) is 5.96 Å². The van der Waals surface area contributed by atoms with Crippen LogP contribution in [0.2, 0.25) is 0 Å². The van der Waals surface area contributed by atoms with Gasteiger partial charge in [0, 0.05) is 31.4 Å². The maximum absolute atomic E-state index is 13.5. The normalized spacial score (nSPS) is 16.9. The van der Waals surface area contributed by atoms with Crippen LogP contribution < -0.4 is 27.8 Å².